The molecule has 2 aromatic heterocycles. The van der Waals surface area contributed by atoms with Gasteiger partial charge in [-0.2, -0.15) is 0 Å². The number of benzene rings is 2. The number of aromatic nitrogens is 2. The molecule has 0 saturated heterocycles. The molecule has 7 heteroatoms. The Hall–Kier alpha value is -3.45. The highest BCUT2D eigenvalue weighted by Crippen LogP contribution is 2.40. The SMILES string of the molecule is CCOc1ccc(-c2ccccc2)c2sc(-c3ccncc3)nc12.CNC(N)=O. The highest BCUT2D eigenvalue weighted by molar-refractivity contribution is 7.22. The van der Waals surface area contributed by atoms with Crippen LogP contribution in [-0.4, -0.2) is 29.7 Å². The number of nitrogens with two attached hydrogens (primary N) is 1. The normalized spacial score (nSPS) is 10.1. The Morgan fingerprint density at radius 1 is 1.07 bits per heavy atom. The van der Waals surface area contributed by atoms with E-state index in [2.05, 4.69) is 46.4 Å². The van der Waals surface area contributed by atoms with Gasteiger partial charge in [0.1, 0.15) is 16.3 Å². The number of fused-ring (bicyclic) bond motifs is 1. The lowest BCUT2D eigenvalue weighted by Crippen LogP contribution is -2.24. The van der Waals surface area contributed by atoms with Gasteiger partial charge in [0, 0.05) is 30.6 Å². The number of nitrogens with zero attached hydrogens (tertiary/aromatic N) is 2. The maximum absolute atomic E-state index is 9.48. The Morgan fingerprint density at radius 3 is 2.38 bits per heavy atom. The average molecular weight is 407 g/mol. The molecule has 4 aromatic rings. The second-order valence-electron chi connectivity index (χ2n) is 5.96. The summed E-state index contributed by atoms with van der Waals surface area (Å²) in [6.45, 7) is 2.62. The third-order valence-electron chi connectivity index (χ3n) is 4.06. The fourth-order valence-electron chi connectivity index (χ4n) is 2.72. The van der Waals surface area contributed by atoms with Gasteiger partial charge in [-0.1, -0.05) is 30.3 Å². The molecule has 0 atom stereocenters. The van der Waals surface area contributed by atoms with Gasteiger partial charge < -0.3 is 15.8 Å². The highest BCUT2D eigenvalue weighted by Gasteiger charge is 2.15. The number of urea groups is 1. The molecular weight excluding hydrogens is 384 g/mol. The van der Waals surface area contributed by atoms with Gasteiger partial charge in [-0.15, -0.1) is 11.3 Å². The number of hydrogen-bond donors (Lipinski definition) is 2. The molecular formula is C22H22N4O2S. The van der Waals surface area contributed by atoms with Gasteiger partial charge >= 0.3 is 6.03 Å². The lowest BCUT2D eigenvalue weighted by Gasteiger charge is -2.07. The highest BCUT2D eigenvalue weighted by atomic mass is 32.1. The summed E-state index contributed by atoms with van der Waals surface area (Å²) in [4.78, 5) is 18.4. The minimum atomic E-state index is -0.495. The molecule has 0 aliphatic carbocycles. The smallest absolute Gasteiger partial charge is 0.311 e. The van der Waals surface area contributed by atoms with Crippen LogP contribution in [-0.2, 0) is 0 Å². The standard InChI is InChI=1S/C20H16N2OS.C2H6N2O/c1-2-23-17-9-8-16(14-6-4-3-5-7-14)19-18(17)22-20(24-19)15-10-12-21-13-11-15;1-4-2(3)5/h3-13H,2H2,1H3;1H3,(H3,3,4,5). The van der Waals surface area contributed by atoms with Crippen molar-refractivity contribution in [2.75, 3.05) is 13.7 Å². The van der Waals surface area contributed by atoms with Gasteiger partial charge in [-0.05, 0) is 36.8 Å². The zero-order valence-corrected chi connectivity index (χ0v) is 17.1. The number of pyridine rings is 1. The van der Waals surface area contributed by atoms with Crippen molar-refractivity contribution in [2.45, 2.75) is 6.92 Å². The van der Waals surface area contributed by atoms with Crippen molar-refractivity contribution in [1.82, 2.24) is 15.3 Å². The number of ether oxygens (including phenoxy) is 1. The Morgan fingerprint density at radius 2 is 1.76 bits per heavy atom. The van der Waals surface area contributed by atoms with Crippen LogP contribution in [0.1, 0.15) is 6.92 Å². The fraction of sp³-hybridized carbons (Fsp3) is 0.136. The van der Waals surface area contributed by atoms with E-state index in [1.165, 1.54) is 18.2 Å². The zero-order chi connectivity index (χ0) is 20.6. The van der Waals surface area contributed by atoms with Crippen molar-refractivity contribution in [3.8, 4) is 27.4 Å². The largest absolute Gasteiger partial charge is 0.492 e. The number of amides is 2. The van der Waals surface area contributed by atoms with E-state index in [0.717, 1.165) is 26.5 Å². The molecule has 4 rings (SSSR count). The Bertz CT molecular complexity index is 1080. The summed E-state index contributed by atoms with van der Waals surface area (Å²) in [6.07, 6.45) is 3.59. The maximum Gasteiger partial charge on any atom is 0.311 e. The Labute approximate surface area is 173 Å². The third-order valence-corrected chi connectivity index (χ3v) is 5.20. The first-order valence-electron chi connectivity index (χ1n) is 9.13. The minimum Gasteiger partial charge on any atom is -0.492 e. The van der Waals surface area contributed by atoms with Crippen LogP contribution in [0.2, 0.25) is 0 Å². The Balaban J connectivity index is 0.000000431. The second kappa shape index (κ2) is 9.66. The molecule has 0 saturated carbocycles. The van der Waals surface area contributed by atoms with Crippen molar-refractivity contribution >= 4 is 27.6 Å². The van der Waals surface area contributed by atoms with Crippen molar-refractivity contribution in [3.63, 3.8) is 0 Å². The van der Waals surface area contributed by atoms with Crippen molar-refractivity contribution in [1.29, 1.82) is 0 Å². The van der Waals surface area contributed by atoms with Gasteiger partial charge in [0.15, 0.2) is 0 Å². The topological polar surface area (TPSA) is 90.1 Å². The first kappa shape index (κ1) is 20.3. The van der Waals surface area contributed by atoms with Crippen LogP contribution in [0.15, 0.2) is 67.0 Å². The number of rotatable bonds is 4. The van der Waals surface area contributed by atoms with E-state index in [4.69, 9.17) is 9.72 Å². The van der Waals surface area contributed by atoms with Crippen molar-refractivity contribution in [3.05, 3.63) is 67.0 Å². The summed E-state index contributed by atoms with van der Waals surface area (Å²) in [6, 6.07) is 18.0. The number of thiazole rings is 1. The van der Waals surface area contributed by atoms with Gasteiger partial charge in [-0.25, -0.2) is 9.78 Å². The van der Waals surface area contributed by atoms with E-state index in [1.807, 2.05) is 31.2 Å². The molecule has 2 aromatic carbocycles. The predicted molar refractivity (Wildman–Crippen MR) is 118 cm³/mol. The van der Waals surface area contributed by atoms with Gasteiger partial charge in [-0.3, -0.25) is 4.98 Å². The molecule has 0 spiro atoms. The summed E-state index contributed by atoms with van der Waals surface area (Å²) in [7, 11) is 1.47. The van der Waals surface area contributed by atoms with Gasteiger partial charge in [0.05, 0.1) is 11.3 Å². The summed E-state index contributed by atoms with van der Waals surface area (Å²) in [5.74, 6) is 0.837. The molecule has 0 bridgehead atoms. The number of hydrogen-bond acceptors (Lipinski definition) is 5. The molecule has 3 N–H and O–H groups in total. The summed E-state index contributed by atoms with van der Waals surface area (Å²) in [5.41, 5.74) is 8.92. The monoisotopic (exact) mass is 406 g/mol. The van der Waals surface area contributed by atoms with Crippen LogP contribution >= 0.6 is 11.3 Å². The van der Waals surface area contributed by atoms with Crippen LogP contribution in [0.5, 0.6) is 5.75 Å². The lowest BCUT2D eigenvalue weighted by molar-refractivity contribution is 0.251. The van der Waals surface area contributed by atoms with Crippen LogP contribution in [0.4, 0.5) is 4.79 Å². The molecule has 2 heterocycles. The fourth-order valence-corrected chi connectivity index (χ4v) is 3.84. The van der Waals surface area contributed by atoms with Crippen LogP contribution in [0, 0.1) is 0 Å². The first-order valence-corrected chi connectivity index (χ1v) is 9.95. The molecule has 0 radical (unpaired) electrons. The molecule has 0 fully saturated rings. The summed E-state index contributed by atoms with van der Waals surface area (Å²) < 4.78 is 6.94. The average Bonchev–Trinajstić information content (AvgIpc) is 3.22. The second-order valence-corrected chi connectivity index (χ2v) is 6.96. The van der Waals surface area contributed by atoms with Gasteiger partial charge in [0.2, 0.25) is 0 Å². The molecule has 0 unspecified atom stereocenters. The van der Waals surface area contributed by atoms with E-state index in [0.29, 0.717) is 6.61 Å². The van der Waals surface area contributed by atoms with Crippen molar-refractivity contribution in [2.24, 2.45) is 5.73 Å². The van der Waals surface area contributed by atoms with Crippen LogP contribution < -0.4 is 15.8 Å². The summed E-state index contributed by atoms with van der Waals surface area (Å²) in [5, 5.41) is 3.15. The predicted octanol–water partition coefficient (Wildman–Crippen LogP) is 4.71. The number of nitrogens with one attached hydrogen (secondary N) is 1. The van der Waals surface area contributed by atoms with Crippen LogP contribution in [0.25, 0.3) is 31.9 Å². The number of carbonyl (C=O) groups excluding carboxylic acids is 1. The van der Waals surface area contributed by atoms with Crippen molar-refractivity contribution < 1.29 is 9.53 Å². The Kier molecular flexibility index (Phi) is 6.76. The van der Waals surface area contributed by atoms with E-state index in [1.54, 1.807) is 23.7 Å². The number of carbonyl (C=O) groups is 1. The molecule has 29 heavy (non-hydrogen) atoms. The first-order chi connectivity index (χ1) is 14.1. The number of primary amides is 1. The lowest BCUT2D eigenvalue weighted by atomic mass is 10.1. The quantitative estimate of drug-likeness (QED) is 0.514. The third kappa shape index (κ3) is 4.89. The van der Waals surface area contributed by atoms with E-state index in [9.17, 15) is 4.79 Å². The molecule has 6 nitrogen and oxygen atoms in total. The van der Waals surface area contributed by atoms with E-state index in [-0.39, 0.29) is 0 Å². The molecule has 148 valence electrons. The zero-order valence-electron chi connectivity index (χ0n) is 16.3. The maximum atomic E-state index is 9.48. The van der Waals surface area contributed by atoms with E-state index < -0.39 is 6.03 Å². The van der Waals surface area contributed by atoms with E-state index >= 15 is 0 Å². The van der Waals surface area contributed by atoms with Gasteiger partial charge in [0.25, 0.3) is 0 Å². The molecule has 0 aliphatic rings. The molecule has 2 amide bonds. The minimum absolute atomic E-state index is 0.495. The summed E-state index contributed by atoms with van der Waals surface area (Å²) >= 11 is 1.69. The van der Waals surface area contributed by atoms with Crippen LogP contribution in [0.3, 0.4) is 0 Å². The molecule has 0 aliphatic heterocycles.